The molecule has 0 aliphatic heterocycles. The van der Waals surface area contributed by atoms with Crippen LogP contribution in [-0.4, -0.2) is 34.5 Å². The van der Waals surface area contributed by atoms with Crippen molar-refractivity contribution in [2.75, 3.05) is 6.26 Å². The number of pyridine rings is 2. The molecule has 260 valence electrons. The van der Waals surface area contributed by atoms with Gasteiger partial charge in [-0.3, -0.25) is 24.4 Å². The summed E-state index contributed by atoms with van der Waals surface area (Å²) in [6, 6.07) is 22.0. The van der Waals surface area contributed by atoms with Gasteiger partial charge in [0.15, 0.2) is 0 Å². The third-order valence-corrected chi connectivity index (χ3v) is 6.71. The molecule has 0 fully saturated rings. The molecule has 0 amide bonds. The maximum atomic E-state index is 12.5. The first-order valence-electron chi connectivity index (χ1n) is 14.0. The van der Waals surface area contributed by atoms with Gasteiger partial charge in [-0.2, -0.15) is 21.6 Å². The first kappa shape index (κ1) is 36.7. The number of ether oxygens (including phenoxy) is 3. The Morgan fingerprint density at radius 1 is 0.640 bits per heavy atom. The Labute approximate surface area is 282 Å². The second-order valence-electron chi connectivity index (χ2n) is 9.99. The highest BCUT2D eigenvalue weighted by atomic mass is 32.2. The molecule has 0 aliphatic rings. The Bertz CT molecular complexity index is 2000. The molecule has 0 aliphatic carbocycles. The number of nitro benzene ring substituents is 2. The molecule has 0 saturated carbocycles. The predicted molar refractivity (Wildman–Crippen MR) is 170 cm³/mol. The zero-order valence-electron chi connectivity index (χ0n) is 25.7. The number of nitrogens with zero attached hydrogens (tertiary/aromatic N) is 4. The smallest absolute Gasteiger partial charge is 0.416 e. The van der Waals surface area contributed by atoms with Crippen molar-refractivity contribution in [1.29, 1.82) is 0 Å². The molecule has 0 spiro atoms. The highest BCUT2D eigenvalue weighted by molar-refractivity contribution is 7.85. The standard InChI is InChI=1S/C19H13F3N2O4.C13H12N2O6S/c20-19(21,22)14-2-6-16(7-3-14)27-12-13-1-10-18(23-11-13)28-17-8-4-15(5-9-17)24(25)26;1-22(18,19)20-9-10-2-7-13(14-8-10)21-12-5-3-11(4-6-12)15(16)17/h1-11H,12H2;2-8H,9H2,1H3. The minimum atomic E-state index is -4.39. The summed E-state index contributed by atoms with van der Waals surface area (Å²) in [6.07, 6.45) is -0.495. The molecular formula is C32H25F3N4O10S. The van der Waals surface area contributed by atoms with E-state index < -0.39 is 31.7 Å². The lowest BCUT2D eigenvalue weighted by Gasteiger charge is -2.09. The highest BCUT2D eigenvalue weighted by Crippen LogP contribution is 2.30. The Kier molecular flexibility index (Phi) is 12.0. The van der Waals surface area contributed by atoms with Crippen LogP contribution in [0.15, 0.2) is 109 Å². The number of non-ortho nitro benzene ring substituents is 2. The summed E-state index contributed by atoms with van der Waals surface area (Å²) in [7, 11) is -3.51. The number of hydrogen-bond acceptors (Lipinski definition) is 12. The van der Waals surface area contributed by atoms with Crippen molar-refractivity contribution >= 4 is 21.5 Å². The summed E-state index contributed by atoms with van der Waals surface area (Å²) in [6.45, 7) is 0.0137. The number of nitro groups is 2. The van der Waals surface area contributed by atoms with Crippen molar-refractivity contribution in [2.45, 2.75) is 19.4 Å². The van der Waals surface area contributed by atoms with E-state index in [1.165, 1.54) is 73.1 Å². The SMILES string of the molecule is CS(=O)(=O)OCc1ccc(Oc2ccc([N+](=O)[O-])cc2)nc1.O=[N+]([O-])c1ccc(Oc2ccc(COc3ccc(C(F)(F)F)cc3)cn2)cc1. The number of alkyl halides is 3. The third kappa shape index (κ3) is 11.8. The summed E-state index contributed by atoms with van der Waals surface area (Å²) < 4.78 is 80.3. The molecule has 0 bridgehead atoms. The molecule has 2 heterocycles. The number of halogens is 3. The lowest BCUT2D eigenvalue weighted by Crippen LogP contribution is -2.04. The van der Waals surface area contributed by atoms with Gasteiger partial charge in [-0.05, 0) is 66.2 Å². The summed E-state index contributed by atoms with van der Waals surface area (Å²) in [5.41, 5.74) is 0.441. The van der Waals surface area contributed by atoms with E-state index in [0.717, 1.165) is 18.4 Å². The first-order valence-corrected chi connectivity index (χ1v) is 15.9. The number of hydrogen-bond donors (Lipinski definition) is 0. The van der Waals surface area contributed by atoms with E-state index in [9.17, 15) is 41.8 Å². The van der Waals surface area contributed by atoms with Crippen molar-refractivity contribution in [3.8, 4) is 29.0 Å². The van der Waals surface area contributed by atoms with Crippen LogP contribution in [0, 0.1) is 20.2 Å². The third-order valence-electron chi connectivity index (χ3n) is 6.16. The zero-order valence-corrected chi connectivity index (χ0v) is 26.5. The van der Waals surface area contributed by atoms with Crippen LogP contribution in [0.25, 0.3) is 0 Å². The van der Waals surface area contributed by atoms with Crippen LogP contribution in [0.4, 0.5) is 24.5 Å². The minimum Gasteiger partial charge on any atom is -0.489 e. The second-order valence-corrected chi connectivity index (χ2v) is 11.6. The fourth-order valence-electron chi connectivity index (χ4n) is 3.71. The van der Waals surface area contributed by atoms with Gasteiger partial charge < -0.3 is 14.2 Å². The van der Waals surface area contributed by atoms with Gasteiger partial charge in [0.2, 0.25) is 11.8 Å². The van der Waals surface area contributed by atoms with E-state index in [4.69, 9.17) is 14.2 Å². The Morgan fingerprint density at radius 3 is 1.42 bits per heavy atom. The Balaban J connectivity index is 0.000000232. The average Bonchev–Trinajstić information content (AvgIpc) is 3.08. The topological polar surface area (TPSA) is 183 Å². The molecule has 0 N–H and O–H groups in total. The second kappa shape index (κ2) is 16.3. The average molecular weight is 715 g/mol. The quantitative estimate of drug-likeness (QED) is 0.0700. The summed E-state index contributed by atoms with van der Waals surface area (Å²) in [5.74, 6) is 1.66. The lowest BCUT2D eigenvalue weighted by molar-refractivity contribution is -0.385. The molecule has 18 heteroatoms. The maximum absolute atomic E-state index is 12.5. The highest BCUT2D eigenvalue weighted by Gasteiger charge is 2.30. The molecule has 0 atom stereocenters. The van der Waals surface area contributed by atoms with Gasteiger partial charge in [-0.25, -0.2) is 9.97 Å². The van der Waals surface area contributed by atoms with E-state index in [0.29, 0.717) is 28.4 Å². The Morgan fingerprint density at radius 2 is 1.06 bits per heavy atom. The summed E-state index contributed by atoms with van der Waals surface area (Å²) >= 11 is 0. The molecule has 50 heavy (non-hydrogen) atoms. The molecular weight excluding hydrogens is 689 g/mol. The van der Waals surface area contributed by atoms with E-state index in [-0.39, 0.29) is 36.3 Å². The van der Waals surface area contributed by atoms with Crippen LogP contribution in [0.3, 0.4) is 0 Å². The van der Waals surface area contributed by atoms with Crippen LogP contribution < -0.4 is 14.2 Å². The monoisotopic (exact) mass is 714 g/mol. The Hall–Kier alpha value is -6.14. The molecule has 5 aromatic rings. The van der Waals surface area contributed by atoms with Gasteiger partial charge in [0.1, 0.15) is 23.9 Å². The molecule has 0 saturated heterocycles. The van der Waals surface area contributed by atoms with Crippen LogP contribution >= 0.6 is 0 Å². The lowest BCUT2D eigenvalue weighted by atomic mass is 10.2. The van der Waals surface area contributed by atoms with E-state index >= 15 is 0 Å². The van der Waals surface area contributed by atoms with E-state index in [1.54, 1.807) is 24.3 Å². The van der Waals surface area contributed by atoms with Gasteiger partial charge in [0.25, 0.3) is 21.5 Å². The molecule has 0 unspecified atom stereocenters. The van der Waals surface area contributed by atoms with Gasteiger partial charge in [0, 0.05) is 54.4 Å². The number of rotatable bonds is 12. The molecule has 5 rings (SSSR count). The van der Waals surface area contributed by atoms with Crippen molar-refractivity contribution in [3.63, 3.8) is 0 Å². The van der Waals surface area contributed by atoms with Crippen LogP contribution in [-0.2, 0) is 33.7 Å². The first-order chi connectivity index (χ1) is 23.6. The summed E-state index contributed by atoms with van der Waals surface area (Å²) in [5, 5.41) is 21.2. The maximum Gasteiger partial charge on any atom is 0.416 e. The molecule has 0 radical (unpaired) electrons. The van der Waals surface area contributed by atoms with E-state index in [1.807, 2.05) is 0 Å². The van der Waals surface area contributed by atoms with Gasteiger partial charge in [-0.1, -0.05) is 0 Å². The largest absolute Gasteiger partial charge is 0.489 e. The van der Waals surface area contributed by atoms with Crippen molar-refractivity contribution < 1.29 is 49.8 Å². The summed E-state index contributed by atoms with van der Waals surface area (Å²) in [4.78, 5) is 28.3. The van der Waals surface area contributed by atoms with E-state index in [2.05, 4.69) is 14.2 Å². The zero-order chi connectivity index (χ0) is 36.3. The molecule has 2 aromatic heterocycles. The normalized spacial score (nSPS) is 11.1. The van der Waals surface area contributed by atoms with Gasteiger partial charge in [-0.15, -0.1) is 0 Å². The fourth-order valence-corrected chi connectivity index (χ4v) is 4.06. The van der Waals surface area contributed by atoms with Crippen molar-refractivity contribution in [2.24, 2.45) is 0 Å². The van der Waals surface area contributed by atoms with Gasteiger partial charge >= 0.3 is 6.18 Å². The van der Waals surface area contributed by atoms with Crippen LogP contribution in [0.2, 0.25) is 0 Å². The van der Waals surface area contributed by atoms with Gasteiger partial charge in [0.05, 0.1) is 28.3 Å². The van der Waals surface area contributed by atoms with Crippen molar-refractivity contribution in [3.05, 3.63) is 146 Å². The van der Waals surface area contributed by atoms with Crippen LogP contribution in [0.5, 0.6) is 29.0 Å². The number of aromatic nitrogens is 2. The van der Waals surface area contributed by atoms with Crippen LogP contribution in [0.1, 0.15) is 16.7 Å². The minimum absolute atomic E-state index is 0.0337. The molecule has 14 nitrogen and oxygen atoms in total. The fraction of sp³-hybridized carbons (Fsp3) is 0.125. The van der Waals surface area contributed by atoms with Crippen molar-refractivity contribution in [1.82, 2.24) is 9.97 Å². The molecule has 3 aromatic carbocycles. The number of benzene rings is 3. The predicted octanol–water partition coefficient (Wildman–Crippen LogP) is 7.64.